The molecular weight excluding hydrogens is 401 g/mol. The zero-order valence-corrected chi connectivity index (χ0v) is 17.1. The van der Waals surface area contributed by atoms with Crippen LogP contribution in [0.3, 0.4) is 0 Å². The van der Waals surface area contributed by atoms with Crippen molar-refractivity contribution >= 4 is 40.9 Å². The van der Waals surface area contributed by atoms with Gasteiger partial charge < -0.3 is 15.5 Å². The van der Waals surface area contributed by atoms with Crippen LogP contribution in [0.2, 0.25) is 10.0 Å². The van der Waals surface area contributed by atoms with Crippen molar-refractivity contribution in [3.63, 3.8) is 0 Å². The predicted octanol–water partition coefficient (Wildman–Crippen LogP) is 2.81. The number of carbonyl (C=O) groups is 3. The van der Waals surface area contributed by atoms with Crippen LogP contribution in [0, 0.1) is 6.92 Å². The highest BCUT2D eigenvalue weighted by atomic mass is 35.5. The second-order valence-corrected chi connectivity index (χ2v) is 7.10. The van der Waals surface area contributed by atoms with E-state index in [4.69, 9.17) is 23.2 Å². The fraction of sp³-hybridized carbons (Fsp3) is 0.250. The molecule has 3 amide bonds. The minimum absolute atomic E-state index is 0.154. The number of hydrogen-bond acceptors (Lipinski definition) is 3. The average molecular weight is 422 g/mol. The van der Waals surface area contributed by atoms with E-state index in [0.29, 0.717) is 11.6 Å². The Labute approximate surface area is 173 Å². The standard InChI is InChI=1S/C20H21Cl2N3O3/c1-13-5-3-4-6-14(13)12-25(2)19(27)11-23-18(26)10-24-20(28)16-8-7-15(21)9-17(16)22/h3-9H,10-12H2,1-2H3,(H,23,26)(H,24,28). The summed E-state index contributed by atoms with van der Waals surface area (Å²) < 4.78 is 0. The molecule has 0 fully saturated rings. The number of rotatable bonds is 7. The van der Waals surface area contributed by atoms with E-state index in [9.17, 15) is 14.4 Å². The molecular formula is C20H21Cl2N3O3. The highest BCUT2D eigenvalue weighted by molar-refractivity contribution is 6.36. The molecule has 2 aromatic carbocycles. The lowest BCUT2D eigenvalue weighted by atomic mass is 10.1. The molecule has 0 aliphatic heterocycles. The number of carbonyl (C=O) groups excluding carboxylic acids is 3. The molecule has 0 bridgehead atoms. The fourth-order valence-electron chi connectivity index (χ4n) is 2.43. The Bertz CT molecular complexity index is 887. The summed E-state index contributed by atoms with van der Waals surface area (Å²) in [6.45, 7) is 2.00. The Kier molecular flexibility index (Phi) is 7.84. The summed E-state index contributed by atoms with van der Waals surface area (Å²) in [5, 5.41) is 5.55. The smallest absolute Gasteiger partial charge is 0.253 e. The summed E-state index contributed by atoms with van der Waals surface area (Å²) in [6, 6.07) is 12.2. The summed E-state index contributed by atoms with van der Waals surface area (Å²) in [5.74, 6) is -1.21. The number of nitrogens with one attached hydrogen (secondary N) is 2. The van der Waals surface area contributed by atoms with E-state index >= 15 is 0 Å². The van der Waals surface area contributed by atoms with Gasteiger partial charge in [-0.2, -0.15) is 0 Å². The van der Waals surface area contributed by atoms with Crippen molar-refractivity contribution < 1.29 is 14.4 Å². The summed E-state index contributed by atoms with van der Waals surface area (Å²) in [5.41, 5.74) is 2.35. The van der Waals surface area contributed by atoms with Crippen molar-refractivity contribution in [3.05, 3.63) is 69.2 Å². The fourth-order valence-corrected chi connectivity index (χ4v) is 2.93. The monoisotopic (exact) mass is 421 g/mol. The number of benzene rings is 2. The lowest BCUT2D eigenvalue weighted by Crippen LogP contribution is -2.42. The van der Waals surface area contributed by atoms with Crippen LogP contribution >= 0.6 is 23.2 Å². The van der Waals surface area contributed by atoms with Crippen molar-refractivity contribution in [2.24, 2.45) is 0 Å². The van der Waals surface area contributed by atoms with Gasteiger partial charge in [0.2, 0.25) is 11.8 Å². The highest BCUT2D eigenvalue weighted by Crippen LogP contribution is 2.20. The molecule has 2 aromatic rings. The quantitative estimate of drug-likeness (QED) is 0.721. The molecule has 6 nitrogen and oxygen atoms in total. The second kappa shape index (κ2) is 10.1. The van der Waals surface area contributed by atoms with Gasteiger partial charge in [0, 0.05) is 18.6 Å². The first kappa shape index (κ1) is 21.7. The first-order valence-corrected chi connectivity index (χ1v) is 9.32. The van der Waals surface area contributed by atoms with Crippen molar-refractivity contribution in [2.75, 3.05) is 20.1 Å². The third-order valence-corrected chi connectivity index (χ3v) is 4.66. The molecule has 148 valence electrons. The predicted molar refractivity (Wildman–Crippen MR) is 109 cm³/mol. The third-order valence-electron chi connectivity index (χ3n) is 4.12. The minimum atomic E-state index is -0.500. The number of nitrogens with zero attached hydrogens (tertiary/aromatic N) is 1. The Hall–Kier alpha value is -2.57. The van der Waals surface area contributed by atoms with Gasteiger partial charge in [0.15, 0.2) is 0 Å². The van der Waals surface area contributed by atoms with E-state index in [1.54, 1.807) is 7.05 Å². The van der Waals surface area contributed by atoms with Crippen LogP contribution in [0.25, 0.3) is 0 Å². The van der Waals surface area contributed by atoms with E-state index in [1.165, 1.54) is 23.1 Å². The number of aryl methyl sites for hydroxylation is 1. The van der Waals surface area contributed by atoms with Gasteiger partial charge in [-0.1, -0.05) is 47.5 Å². The molecule has 0 atom stereocenters. The van der Waals surface area contributed by atoms with Crippen molar-refractivity contribution in [2.45, 2.75) is 13.5 Å². The zero-order valence-electron chi connectivity index (χ0n) is 15.6. The normalized spacial score (nSPS) is 10.3. The second-order valence-electron chi connectivity index (χ2n) is 6.26. The van der Waals surface area contributed by atoms with E-state index in [0.717, 1.165) is 11.1 Å². The topological polar surface area (TPSA) is 78.5 Å². The number of likely N-dealkylation sites (N-methyl/N-ethyl adjacent to an activating group) is 1. The maximum atomic E-state index is 12.2. The van der Waals surface area contributed by atoms with Gasteiger partial charge in [0.1, 0.15) is 0 Å². The molecule has 2 rings (SSSR count). The third kappa shape index (κ3) is 6.25. The van der Waals surface area contributed by atoms with Crippen molar-refractivity contribution in [1.82, 2.24) is 15.5 Å². The Balaban J connectivity index is 1.77. The number of hydrogen-bond donors (Lipinski definition) is 2. The summed E-state index contributed by atoms with van der Waals surface area (Å²) in [7, 11) is 1.67. The largest absolute Gasteiger partial charge is 0.345 e. The van der Waals surface area contributed by atoms with Gasteiger partial charge in [0.05, 0.1) is 23.7 Å². The van der Waals surface area contributed by atoms with Gasteiger partial charge in [-0.3, -0.25) is 14.4 Å². The van der Waals surface area contributed by atoms with Crippen LogP contribution in [-0.2, 0) is 16.1 Å². The molecule has 0 spiro atoms. The Morgan fingerprint density at radius 3 is 2.39 bits per heavy atom. The van der Waals surface area contributed by atoms with E-state index < -0.39 is 11.8 Å². The molecule has 0 aromatic heterocycles. The van der Waals surface area contributed by atoms with Crippen LogP contribution in [-0.4, -0.2) is 42.8 Å². The summed E-state index contributed by atoms with van der Waals surface area (Å²) >= 11 is 11.7. The van der Waals surface area contributed by atoms with Crippen LogP contribution < -0.4 is 10.6 Å². The van der Waals surface area contributed by atoms with Gasteiger partial charge in [0.25, 0.3) is 5.91 Å². The summed E-state index contributed by atoms with van der Waals surface area (Å²) in [6.07, 6.45) is 0. The van der Waals surface area contributed by atoms with Crippen LogP contribution in [0.5, 0.6) is 0 Å². The van der Waals surface area contributed by atoms with Gasteiger partial charge in [-0.05, 0) is 36.2 Å². The Morgan fingerprint density at radius 2 is 1.71 bits per heavy atom. The first-order valence-electron chi connectivity index (χ1n) is 8.56. The molecule has 2 N–H and O–H groups in total. The molecule has 0 aliphatic rings. The molecule has 0 saturated carbocycles. The maximum absolute atomic E-state index is 12.2. The number of halogens is 2. The van der Waals surface area contributed by atoms with Crippen LogP contribution in [0.15, 0.2) is 42.5 Å². The molecule has 8 heteroatoms. The van der Waals surface area contributed by atoms with Gasteiger partial charge in [-0.15, -0.1) is 0 Å². The van der Waals surface area contributed by atoms with Gasteiger partial charge in [-0.25, -0.2) is 0 Å². The summed E-state index contributed by atoms with van der Waals surface area (Å²) in [4.78, 5) is 37.7. The minimum Gasteiger partial charge on any atom is -0.345 e. The first-order chi connectivity index (χ1) is 13.3. The molecule has 0 aliphatic carbocycles. The Morgan fingerprint density at radius 1 is 1.00 bits per heavy atom. The maximum Gasteiger partial charge on any atom is 0.253 e. The lowest BCUT2D eigenvalue weighted by molar-refractivity contribution is -0.132. The molecule has 0 unspecified atom stereocenters. The van der Waals surface area contributed by atoms with E-state index in [1.807, 2.05) is 31.2 Å². The SMILES string of the molecule is Cc1ccccc1CN(C)C(=O)CNC(=O)CNC(=O)c1ccc(Cl)cc1Cl. The average Bonchev–Trinajstić information content (AvgIpc) is 2.65. The van der Waals surface area contributed by atoms with E-state index in [2.05, 4.69) is 10.6 Å². The van der Waals surface area contributed by atoms with Crippen molar-refractivity contribution in [3.8, 4) is 0 Å². The zero-order chi connectivity index (χ0) is 20.7. The molecule has 0 radical (unpaired) electrons. The molecule has 0 saturated heterocycles. The molecule has 28 heavy (non-hydrogen) atoms. The van der Waals surface area contributed by atoms with Gasteiger partial charge >= 0.3 is 0 Å². The highest BCUT2D eigenvalue weighted by Gasteiger charge is 2.14. The van der Waals surface area contributed by atoms with Crippen LogP contribution in [0.1, 0.15) is 21.5 Å². The number of amides is 3. The van der Waals surface area contributed by atoms with Crippen LogP contribution in [0.4, 0.5) is 0 Å². The molecule has 0 heterocycles. The van der Waals surface area contributed by atoms with Crippen molar-refractivity contribution in [1.29, 1.82) is 0 Å². The van der Waals surface area contributed by atoms with E-state index in [-0.39, 0.29) is 29.6 Å². The lowest BCUT2D eigenvalue weighted by Gasteiger charge is -2.19.